The number of hydrogen-bond acceptors (Lipinski definition) is 4. The van der Waals surface area contributed by atoms with Crippen LogP contribution in [0.1, 0.15) is 26.2 Å². The standard InChI is InChI=1S/C19H22F3NO4/c1-2-3-8-26-12-18(25)9-13-11-23(17(24)16(13)10-18)14-4-6-15(7-5-14)27-19(20,21)22/h4-7,10,13,25H,2-3,8-9,11-12H2,1H3. The van der Waals surface area contributed by atoms with Gasteiger partial charge in [0.1, 0.15) is 11.4 Å². The van der Waals surface area contributed by atoms with Crippen LogP contribution in [-0.2, 0) is 9.53 Å². The Kier molecular flexibility index (Phi) is 5.48. The number of carbonyl (C=O) groups excluding carboxylic acids is 1. The number of fused-ring (bicyclic) bond motifs is 1. The van der Waals surface area contributed by atoms with Crippen molar-refractivity contribution in [3.05, 3.63) is 35.9 Å². The van der Waals surface area contributed by atoms with Crippen LogP contribution in [0.5, 0.6) is 5.75 Å². The lowest BCUT2D eigenvalue weighted by Gasteiger charge is -2.24. The van der Waals surface area contributed by atoms with Crippen molar-refractivity contribution in [2.45, 2.75) is 38.1 Å². The maximum Gasteiger partial charge on any atom is 0.573 e. The lowest BCUT2D eigenvalue weighted by Crippen LogP contribution is -2.34. The van der Waals surface area contributed by atoms with Gasteiger partial charge in [-0.25, -0.2) is 0 Å². The number of benzene rings is 1. The molecular weight excluding hydrogens is 363 g/mol. The van der Waals surface area contributed by atoms with Gasteiger partial charge in [0.2, 0.25) is 0 Å². The normalized spacial score (nSPS) is 24.9. The van der Waals surface area contributed by atoms with Crippen molar-refractivity contribution in [2.75, 3.05) is 24.7 Å². The number of halogens is 3. The Labute approximate surface area is 155 Å². The van der Waals surface area contributed by atoms with Gasteiger partial charge >= 0.3 is 6.36 Å². The molecule has 0 aromatic heterocycles. The largest absolute Gasteiger partial charge is 0.573 e. The third-order valence-electron chi connectivity index (χ3n) is 4.74. The van der Waals surface area contributed by atoms with Gasteiger partial charge in [-0.05, 0) is 43.2 Å². The molecule has 0 spiro atoms. The van der Waals surface area contributed by atoms with E-state index in [0.717, 1.165) is 12.8 Å². The van der Waals surface area contributed by atoms with Gasteiger partial charge in [-0.1, -0.05) is 13.3 Å². The van der Waals surface area contributed by atoms with Crippen LogP contribution in [0.3, 0.4) is 0 Å². The zero-order valence-corrected chi connectivity index (χ0v) is 15.0. The van der Waals surface area contributed by atoms with Crippen molar-refractivity contribution in [1.29, 1.82) is 0 Å². The highest BCUT2D eigenvalue weighted by molar-refractivity contribution is 6.09. The number of unbranched alkanes of at least 4 members (excludes halogenated alkanes) is 1. The van der Waals surface area contributed by atoms with Gasteiger partial charge in [-0.2, -0.15) is 0 Å². The number of carbonyl (C=O) groups is 1. The van der Waals surface area contributed by atoms with E-state index in [1.54, 1.807) is 6.08 Å². The summed E-state index contributed by atoms with van der Waals surface area (Å²) in [6.45, 7) is 3.15. The molecule has 2 atom stereocenters. The first-order chi connectivity index (χ1) is 12.7. The van der Waals surface area contributed by atoms with E-state index >= 15 is 0 Å². The third-order valence-corrected chi connectivity index (χ3v) is 4.74. The number of hydrogen-bond donors (Lipinski definition) is 1. The maximum absolute atomic E-state index is 12.7. The third kappa shape index (κ3) is 4.62. The number of ether oxygens (including phenoxy) is 2. The molecule has 0 radical (unpaired) electrons. The summed E-state index contributed by atoms with van der Waals surface area (Å²) in [7, 11) is 0. The highest BCUT2D eigenvalue weighted by Crippen LogP contribution is 2.41. The summed E-state index contributed by atoms with van der Waals surface area (Å²) in [6.07, 6.45) is -0.866. The zero-order valence-electron chi connectivity index (χ0n) is 15.0. The first kappa shape index (κ1) is 19.7. The van der Waals surface area contributed by atoms with E-state index in [0.29, 0.717) is 30.8 Å². The smallest absolute Gasteiger partial charge is 0.406 e. The highest BCUT2D eigenvalue weighted by Gasteiger charge is 2.46. The summed E-state index contributed by atoms with van der Waals surface area (Å²) in [5.74, 6) is -0.701. The van der Waals surface area contributed by atoms with Crippen molar-refractivity contribution in [2.24, 2.45) is 5.92 Å². The average molecular weight is 385 g/mol. The van der Waals surface area contributed by atoms with Gasteiger partial charge in [-0.3, -0.25) is 4.79 Å². The van der Waals surface area contributed by atoms with Gasteiger partial charge in [0.15, 0.2) is 0 Å². The number of anilines is 1. The number of aliphatic hydroxyl groups is 1. The molecule has 2 aliphatic rings. The summed E-state index contributed by atoms with van der Waals surface area (Å²) >= 11 is 0. The van der Waals surface area contributed by atoms with Crippen molar-refractivity contribution >= 4 is 11.6 Å². The van der Waals surface area contributed by atoms with Gasteiger partial charge < -0.3 is 19.5 Å². The molecule has 148 valence electrons. The summed E-state index contributed by atoms with van der Waals surface area (Å²) in [4.78, 5) is 14.2. The maximum atomic E-state index is 12.7. The zero-order chi connectivity index (χ0) is 19.7. The summed E-state index contributed by atoms with van der Waals surface area (Å²) < 4.78 is 46.1. The number of amides is 1. The van der Waals surface area contributed by atoms with Crippen LogP contribution in [0.4, 0.5) is 18.9 Å². The van der Waals surface area contributed by atoms with Crippen LogP contribution in [0.2, 0.25) is 0 Å². The van der Waals surface area contributed by atoms with Crippen LogP contribution in [0.25, 0.3) is 0 Å². The SMILES string of the molecule is CCCCOCC1(O)C=C2C(=O)N(c3ccc(OC(F)(F)F)cc3)CC2C1. The van der Waals surface area contributed by atoms with Gasteiger partial charge in [0.05, 0.1) is 6.61 Å². The Hall–Kier alpha value is -2.06. The number of alkyl halides is 3. The number of nitrogens with zero attached hydrogens (tertiary/aromatic N) is 1. The van der Waals surface area contributed by atoms with E-state index in [1.165, 1.54) is 29.2 Å². The molecule has 1 aromatic carbocycles. The van der Waals surface area contributed by atoms with Crippen LogP contribution in [-0.4, -0.2) is 42.7 Å². The first-order valence-corrected chi connectivity index (χ1v) is 8.91. The van der Waals surface area contributed by atoms with E-state index in [-0.39, 0.29) is 24.2 Å². The fourth-order valence-corrected chi connectivity index (χ4v) is 3.51. The first-order valence-electron chi connectivity index (χ1n) is 8.91. The molecule has 1 aromatic rings. The molecule has 1 saturated heterocycles. The topological polar surface area (TPSA) is 59.0 Å². The molecule has 3 rings (SSSR count). The Morgan fingerprint density at radius 3 is 2.59 bits per heavy atom. The molecule has 1 N–H and O–H groups in total. The fourth-order valence-electron chi connectivity index (χ4n) is 3.51. The monoisotopic (exact) mass is 385 g/mol. The molecule has 0 saturated carbocycles. The lowest BCUT2D eigenvalue weighted by atomic mass is 9.99. The Morgan fingerprint density at radius 1 is 1.30 bits per heavy atom. The summed E-state index contributed by atoms with van der Waals surface area (Å²) in [5.41, 5.74) is -0.111. The van der Waals surface area contributed by atoms with Crippen molar-refractivity contribution < 1.29 is 32.5 Å². The van der Waals surface area contributed by atoms with Crippen LogP contribution >= 0.6 is 0 Å². The van der Waals surface area contributed by atoms with E-state index in [1.807, 2.05) is 0 Å². The minimum absolute atomic E-state index is 0.122. The Morgan fingerprint density at radius 2 is 2.00 bits per heavy atom. The van der Waals surface area contributed by atoms with Gasteiger partial charge in [0.25, 0.3) is 5.91 Å². The summed E-state index contributed by atoms with van der Waals surface area (Å²) in [6, 6.07) is 5.19. The van der Waals surface area contributed by atoms with Crippen molar-refractivity contribution in [1.82, 2.24) is 0 Å². The molecule has 1 fully saturated rings. The van der Waals surface area contributed by atoms with Gasteiger partial charge in [-0.15, -0.1) is 13.2 Å². The Balaban J connectivity index is 1.65. The fraction of sp³-hybridized carbons (Fsp3) is 0.526. The molecule has 8 heteroatoms. The second kappa shape index (κ2) is 7.52. The van der Waals surface area contributed by atoms with Crippen molar-refractivity contribution in [3.63, 3.8) is 0 Å². The van der Waals surface area contributed by atoms with Crippen LogP contribution in [0.15, 0.2) is 35.9 Å². The molecule has 1 aliphatic heterocycles. The van der Waals surface area contributed by atoms with Gasteiger partial charge in [0, 0.05) is 30.3 Å². The highest BCUT2D eigenvalue weighted by atomic mass is 19.4. The van der Waals surface area contributed by atoms with E-state index in [2.05, 4.69) is 11.7 Å². The van der Waals surface area contributed by atoms with Crippen molar-refractivity contribution in [3.8, 4) is 5.75 Å². The average Bonchev–Trinajstić information content (AvgIpc) is 3.06. The molecule has 2 unspecified atom stereocenters. The lowest BCUT2D eigenvalue weighted by molar-refractivity contribution is -0.274. The quantitative estimate of drug-likeness (QED) is 0.731. The second-order valence-corrected chi connectivity index (χ2v) is 6.97. The van der Waals surface area contributed by atoms with Crippen LogP contribution < -0.4 is 9.64 Å². The molecule has 27 heavy (non-hydrogen) atoms. The van der Waals surface area contributed by atoms with E-state index < -0.39 is 12.0 Å². The molecule has 1 aliphatic carbocycles. The van der Waals surface area contributed by atoms with E-state index in [4.69, 9.17) is 4.74 Å². The van der Waals surface area contributed by atoms with Crippen LogP contribution in [0, 0.1) is 5.92 Å². The molecule has 1 heterocycles. The molecule has 0 bridgehead atoms. The molecule has 1 amide bonds. The summed E-state index contributed by atoms with van der Waals surface area (Å²) in [5, 5.41) is 10.6. The Bertz CT molecular complexity index is 717. The minimum Gasteiger partial charge on any atom is -0.406 e. The molecular formula is C19H22F3NO4. The second-order valence-electron chi connectivity index (χ2n) is 6.97. The molecule has 5 nitrogen and oxygen atoms in total. The minimum atomic E-state index is -4.75. The number of rotatable bonds is 7. The van der Waals surface area contributed by atoms with E-state index in [9.17, 15) is 23.1 Å². The predicted octanol–water partition coefficient (Wildman–Crippen LogP) is 3.43. The predicted molar refractivity (Wildman–Crippen MR) is 92.3 cm³/mol.